The van der Waals surface area contributed by atoms with Crippen molar-refractivity contribution in [3.8, 4) is 0 Å². The van der Waals surface area contributed by atoms with E-state index in [4.69, 9.17) is 11.6 Å². The topological polar surface area (TPSA) is 108 Å². The fourth-order valence-electron chi connectivity index (χ4n) is 1.10. The normalized spacial score (nSPS) is 11.2. The van der Waals surface area contributed by atoms with E-state index >= 15 is 0 Å². The van der Waals surface area contributed by atoms with Gasteiger partial charge in [0.25, 0.3) is 5.56 Å². The molecule has 0 spiro atoms. The Morgan fingerprint density at radius 1 is 1.44 bits per heavy atom. The van der Waals surface area contributed by atoms with Crippen molar-refractivity contribution in [1.29, 1.82) is 0 Å². The smallest absolute Gasteiger partial charge is 0.266 e. The fourth-order valence-corrected chi connectivity index (χ4v) is 2.36. The van der Waals surface area contributed by atoms with E-state index in [1.165, 1.54) is 6.92 Å². The Morgan fingerprint density at radius 3 is 2.67 bits per heavy atom. The number of sulfonamides is 1. The molecule has 1 heterocycles. The molecule has 0 aliphatic carbocycles. The largest absolute Gasteiger partial charge is 0.355 e. The first-order chi connectivity index (χ1) is 8.33. The number of aromatic nitrogens is 1. The summed E-state index contributed by atoms with van der Waals surface area (Å²) in [5, 5.41) is 2.23. The van der Waals surface area contributed by atoms with Crippen molar-refractivity contribution in [3.63, 3.8) is 0 Å². The molecule has 100 valence electrons. The monoisotopic (exact) mass is 293 g/mol. The zero-order valence-electron chi connectivity index (χ0n) is 9.49. The highest BCUT2D eigenvalue weighted by molar-refractivity contribution is 7.89. The number of hydrogen-bond donors (Lipinski definition) is 3. The van der Waals surface area contributed by atoms with Crippen molar-refractivity contribution in [3.05, 3.63) is 27.6 Å². The molecule has 0 aliphatic heterocycles. The van der Waals surface area contributed by atoms with Gasteiger partial charge in [-0.2, -0.15) is 0 Å². The maximum atomic E-state index is 11.7. The molecule has 3 N–H and O–H groups in total. The summed E-state index contributed by atoms with van der Waals surface area (Å²) in [4.78, 5) is 23.6. The maximum Gasteiger partial charge on any atom is 0.266 e. The van der Waals surface area contributed by atoms with Gasteiger partial charge in [-0.1, -0.05) is 11.6 Å². The molecule has 1 aromatic heterocycles. The van der Waals surface area contributed by atoms with Gasteiger partial charge in [-0.25, -0.2) is 13.1 Å². The summed E-state index contributed by atoms with van der Waals surface area (Å²) in [6.07, 6.45) is 1.05. The molecule has 18 heavy (non-hydrogen) atoms. The predicted molar refractivity (Wildman–Crippen MR) is 65.9 cm³/mol. The van der Waals surface area contributed by atoms with Gasteiger partial charge in [0.1, 0.15) is 5.02 Å². The second kappa shape index (κ2) is 5.98. The Kier molecular flexibility index (Phi) is 4.88. The second-order valence-electron chi connectivity index (χ2n) is 3.39. The number of aromatic amines is 1. The van der Waals surface area contributed by atoms with Crippen LogP contribution in [0.25, 0.3) is 0 Å². The first kappa shape index (κ1) is 14.7. The number of halogens is 1. The number of H-pyrrole nitrogens is 1. The Balaban J connectivity index is 2.71. The minimum Gasteiger partial charge on any atom is -0.355 e. The standard InChI is InChI=1S/C9H12ClN3O4S/c1-6(14)11-2-3-13-18(16,17)7-4-8(10)9(15)12-5-7/h4-5,13H,2-3H2,1H3,(H,11,14)(H,12,15). The Bertz CT molecular complexity index is 596. The summed E-state index contributed by atoms with van der Waals surface area (Å²) in [7, 11) is -3.75. The molecule has 1 amide bonds. The lowest BCUT2D eigenvalue weighted by molar-refractivity contribution is -0.118. The highest BCUT2D eigenvalue weighted by atomic mass is 35.5. The van der Waals surface area contributed by atoms with Gasteiger partial charge in [-0.15, -0.1) is 0 Å². The number of amides is 1. The number of carbonyl (C=O) groups excluding carboxylic acids is 1. The molecule has 1 rings (SSSR count). The first-order valence-electron chi connectivity index (χ1n) is 4.95. The minimum atomic E-state index is -3.75. The van der Waals surface area contributed by atoms with Crippen LogP contribution in [0.2, 0.25) is 5.02 Å². The zero-order chi connectivity index (χ0) is 13.8. The van der Waals surface area contributed by atoms with Crippen LogP contribution in [0, 0.1) is 0 Å². The lowest BCUT2D eigenvalue weighted by Gasteiger charge is -2.06. The predicted octanol–water partition coefficient (Wildman–Crippen LogP) is -0.557. The van der Waals surface area contributed by atoms with E-state index in [2.05, 4.69) is 15.0 Å². The average Bonchev–Trinajstić information content (AvgIpc) is 2.28. The molecule has 0 unspecified atom stereocenters. The maximum absolute atomic E-state index is 11.7. The van der Waals surface area contributed by atoms with E-state index in [0.29, 0.717) is 0 Å². The SMILES string of the molecule is CC(=O)NCCNS(=O)(=O)c1c[nH]c(=O)c(Cl)c1. The van der Waals surface area contributed by atoms with Crippen LogP contribution in [0.15, 0.2) is 22.0 Å². The van der Waals surface area contributed by atoms with Crippen molar-refractivity contribution < 1.29 is 13.2 Å². The number of carbonyl (C=O) groups is 1. The number of pyridine rings is 1. The van der Waals surface area contributed by atoms with E-state index in [0.717, 1.165) is 12.3 Å². The summed E-state index contributed by atoms with van der Waals surface area (Å²) in [5.74, 6) is -0.249. The van der Waals surface area contributed by atoms with E-state index in [1.54, 1.807) is 0 Å². The number of hydrogen-bond acceptors (Lipinski definition) is 4. The quantitative estimate of drug-likeness (QED) is 0.633. The molecule has 0 saturated heterocycles. The molecule has 0 atom stereocenters. The average molecular weight is 294 g/mol. The van der Waals surface area contributed by atoms with Gasteiger partial charge in [0.15, 0.2) is 0 Å². The molecular weight excluding hydrogens is 282 g/mol. The third-order valence-corrected chi connectivity index (χ3v) is 3.65. The van der Waals surface area contributed by atoms with Crippen LogP contribution >= 0.6 is 11.6 Å². The van der Waals surface area contributed by atoms with Gasteiger partial charge < -0.3 is 10.3 Å². The molecule has 0 aliphatic rings. The Hall–Kier alpha value is -1.38. The van der Waals surface area contributed by atoms with Crippen molar-refractivity contribution in [2.45, 2.75) is 11.8 Å². The van der Waals surface area contributed by atoms with Crippen LogP contribution in [-0.2, 0) is 14.8 Å². The number of nitrogens with one attached hydrogen (secondary N) is 3. The third-order valence-electron chi connectivity index (χ3n) is 1.93. The van der Waals surface area contributed by atoms with Crippen molar-refractivity contribution in [1.82, 2.24) is 15.0 Å². The molecule has 0 saturated carbocycles. The fraction of sp³-hybridized carbons (Fsp3) is 0.333. The van der Waals surface area contributed by atoms with Crippen molar-refractivity contribution in [2.75, 3.05) is 13.1 Å². The van der Waals surface area contributed by atoms with Crippen LogP contribution in [-0.4, -0.2) is 32.4 Å². The van der Waals surface area contributed by atoms with Gasteiger partial charge in [0.2, 0.25) is 15.9 Å². The van der Waals surface area contributed by atoms with E-state index in [-0.39, 0.29) is 28.9 Å². The van der Waals surface area contributed by atoms with Gasteiger partial charge in [-0.3, -0.25) is 9.59 Å². The molecule has 0 aromatic carbocycles. The summed E-state index contributed by atoms with van der Waals surface area (Å²) >= 11 is 5.53. The highest BCUT2D eigenvalue weighted by Crippen LogP contribution is 2.09. The van der Waals surface area contributed by atoms with E-state index in [1.807, 2.05) is 0 Å². The summed E-state index contributed by atoms with van der Waals surface area (Å²) in [6.45, 7) is 1.54. The first-order valence-corrected chi connectivity index (χ1v) is 6.81. The number of rotatable bonds is 5. The third kappa shape index (κ3) is 4.13. The second-order valence-corrected chi connectivity index (χ2v) is 5.57. The van der Waals surface area contributed by atoms with Gasteiger partial charge in [-0.05, 0) is 6.07 Å². The van der Waals surface area contributed by atoms with E-state index in [9.17, 15) is 18.0 Å². The van der Waals surface area contributed by atoms with Crippen LogP contribution in [0.5, 0.6) is 0 Å². The van der Waals surface area contributed by atoms with Gasteiger partial charge in [0, 0.05) is 26.2 Å². The lowest BCUT2D eigenvalue weighted by Crippen LogP contribution is -2.33. The Morgan fingerprint density at radius 2 is 2.11 bits per heavy atom. The Labute approximate surface area is 109 Å². The van der Waals surface area contributed by atoms with Crippen molar-refractivity contribution >= 4 is 27.5 Å². The van der Waals surface area contributed by atoms with Crippen LogP contribution in [0.4, 0.5) is 0 Å². The lowest BCUT2D eigenvalue weighted by atomic mass is 10.5. The molecule has 0 fully saturated rings. The van der Waals surface area contributed by atoms with Crippen molar-refractivity contribution in [2.24, 2.45) is 0 Å². The molecule has 0 radical (unpaired) electrons. The molecular formula is C9H12ClN3O4S. The molecule has 1 aromatic rings. The van der Waals surface area contributed by atoms with E-state index < -0.39 is 15.6 Å². The van der Waals surface area contributed by atoms with Crippen LogP contribution in [0.3, 0.4) is 0 Å². The summed E-state index contributed by atoms with van der Waals surface area (Å²) in [6, 6.07) is 1.06. The highest BCUT2D eigenvalue weighted by Gasteiger charge is 2.14. The zero-order valence-corrected chi connectivity index (χ0v) is 11.1. The molecule has 0 bridgehead atoms. The van der Waals surface area contributed by atoms with Gasteiger partial charge >= 0.3 is 0 Å². The summed E-state index contributed by atoms with van der Waals surface area (Å²) in [5.41, 5.74) is -0.561. The minimum absolute atomic E-state index is 0.0403. The van der Waals surface area contributed by atoms with Crippen LogP contribution < -0.4 is 15.6 Å². The van der Waals surface area contributed by atoms with Crippen LogP contribution in [0.1, 0.15) is 6.92 Å². The molecule has 7 nitrogen and oxygen atoms in total. The summed E-state index contributed by atoms with van der Waals surface area (Å²) < 4.78 is 25.7. The molecule has 9 heteroatoms. The van der Waals surface area contributed by atoms with Gasteiger partial charge in [0.05, 0.1) is 4.90 Å².